The van der Waals surface area contributed by atoms with Crippen LogP contribution in [-0.4, -0.2) is 80.2 Å². The van der Waals surface area contributed by atoms with Gasteiger partial charge < -0.3 is 33.4 Å². The molecule has 1 aliphatic rings. The summed E-state index contributed by atoms with van der Waals surface area (Å²) in [4.78, 5) is 73.8. The number of nitrogens with zero attached hydrogens (tertiary/aromatic N) is 4. The number of imidazole rings is 1. The van der Waals surface area contributed by atoms with Gasteiger partial charge in [0.1, 0.15) is 29.2 Å². The molecule has 0 spiro atoms. The maximum Gasteiger partial charge on any atom is 0.437 e. The number of hydrogen-bond acceptors (Lipinski definition) is 10. The predicted molar refractivity (Wildman–Crippen MR) is 193 cm³/mol. The number of esters is 1. The maximum atomic E-state index is 13.2. The number of benzene rings is 2. The molecule has 15 heteroatoms. The Morgan fingerprint density at radius 3 is 1.91 bits per heavy atom. The molecule has 3 aromatic rings. The van der Waals surface area contributed by atoms with Crippen molar-refractivity contribution in [3.63, 3.8) is 0 Å². The molecule has 4 amide bonds. The van der Waals surface area contributed by atoms with Gasteiger partial charge in [0.05, 0.1) is 16.8 Å². The largest absolute Gasteiger partial charge is 0.490 e. The molecule has 0 radical (unpaired) electrons. The highest BCUT2D eigenvalue weighted by Crippen LogP contribution is 2.26. The number of alkyl carbamates (subject to hydrolysis) is 1. The fourth-order valence-electron chi connectivity index (χ4n) is 5.08. The van der Waals surface area contributed by atoms with Crippen molar-refractivity contribution in [1.82, 2.24) is 19.5 Å². The van der Waals surface area contributed by atoms with Gasteiger partial charge in [0.15, 0.2) is 0 Å². The number of imide groups is 1. The number of rotatable bonds is 11. The van der Waals surface area contributed by atoms with Crippen molar-refractivity contribution in [2.75, 3.05) is 13.2 Å². The summed E-state index contributed by atoms with van der Waals surface area (Å²) in [5.74, 6) is -1.84. The Morgan fingerprint density at radius 1 is 0.792 bits per heavy atom. The van der Waals surface area contributed by atoms with Crippen LogP contribution in [-0.2, 0) is 37.4 Å². The lowest BCUT2D eigenvalue weighted by Crippen LogP contribution is -2.43. The van der Waals surface area contributed by atoms with E-state index in [0.717, 1.165) is 5.56 Å². The first-order chi connectivity index (χ1) is 24.6. The van der Waals surface area contributed by atoms with Gasteiger partial charge in [-0.05, 0) is 111 Å². The molecule has 2 aromatic carbocycles. The van der Waals surface area contributed by atoms with Gasteiger partial charge in [-0.25, -0.2) is 19.2 Å². The minimum absolute atomic E-state index is 0.165. The molecule has 1 atom stereocenters. The summed E-state index contributed by atoms with van der Waals surface area (Å²) in [6, 6.07) is 13.2. The van der Waals surface area contributed by atoms with Gasteiger partial charge >= 0.3 is 18.2 Å². The zero-order chi connectivity index (χ0) is 39.3. The van der Waals surface area contributed by atoms with E-state index >= 15 is 0 Å². The highest BCUT2D eigenvalue weighted by molar-refractivity contribution is 6.20. The Labute approximate surface area is 308 Å². The molecule has 15 nitrogen and oxygen atoms in total. The van der Waals surface area contributed by atoms with Crippen LogP contribution in [0.4, 0.5) is 9.59 Å². The summed E-state index contributed by atoms with van der Waals surface area (Å²) in [7, 11) is 1.76. The fourth-order valence-corrected chi connectivity index (χ4v) is 5.08. The topological polar surface area (TPSA) is 169 Å². The number of hydrogen-bond donors (Lipinski definition) is 1. The monoisotopic (exact) mass is 735 g/mol. The number of aryl methyl sites for hydroxylation is 1. The third kappa shape index (κ3) is 11.3. The van der Waals surface area contributed by atoms with Crippen LogP contribution in [0.15, 0.2) is 59.7 Å². The van der Waals surface area contributed by atoms with E-state index in [0.29, 0.717) is 41.6 Å². The molecule has 0 aliphatic carbocycles. The van der Waals surface area contributed by atoms with E-state index in [4.69, 9.17) is 23.8 Å². The number of carbonyl (C=O) groups is 5. The standard InChI is InChI=1S/C38H49N5O10/c1-36(2,3)50-32(46)29(53-43-30(44)26-14-11-12-15-27(26)31(43)45)23-49-25-18-16-24(17-19-25)28-22-42(21-13-20-39-34(47)51-37(4,5)6)33(41(28)10)40-35(48)52-38(7,8)9/h11-12,14-19,22,29H,13,20-21,23H2,1-10H3,(H,39,47)/b40-33-. The molecule has 0 saturated carbocycles. The zero-order valence-corrected chi connectivity index (χ0v) is 32.0. The SMILES string of the molecule is Cn1c(-c2ccc(OCC(ON3C(=O)c4ccccc4C3=O)C(=O)OC(C)(C)C)cc2)cn(CCCNC(=O)OC(C)(C)C)/c1=N\C(=O)OC(C)(C)C. The van der Waals surface area contributed by atoms with Crippen molar-refractivity contribution in [3.05, 3.63) is 71.5 Å². The molecule has 2 heterocycles. The Balaban J connectivity index is 1.52. The summed E-state index contributed by atoms with van der Waals surface area (Å²) in [5, 5.41) is 3.29. The van der Waals surface area contributed by atoms with Crippen LogP contribution in [0, 0.1) is 0 Å². The summed E-state index contributed by atoms with van der Waals surface area (Å²) in [6.07, 6.45) is -0.383. The van der Waals surface area contributed by atoms with Crippen LogP contribution < -0.4 is 15.7 Å². The Morgan fingerprint density at radius 2 is 1.36 bits per heavy atom. The molecule has 1 aromatic heterocycles. The molecule has 53 heavy (non-hydrogen) atoms. The lowest BCUT2D eigenvalue weighted by molar-refractivity contribution is -0.193. The van der Waals surface area contributed by atoms with Crippen molar-refractivity contribution >= 4 is 30.0 Å². The number of carbonyl (C=O) groups excluding carboxylic acids is 5. The van der Waals surface area contributed by atoms with E-state index in [2.05, 4.69) is 10.3 Å². The number of hydroxylamine groups is 2. The lowest BCUT2D eigenvalue weighted by Gasteiger charge is -2.26. The number of ether oxygens (including phenoxy) is 4. The van der Waals surface area contributed by atoms with Crippen LogP contribution >= 0.6 is 0 Å². The van der Waals surface area contributed by atoms with Gasteiger partial charge in [-0.2, -0.15) is 0 Å². The molecule has 4 rings (SSSR count). The van der Waals surface area contributed by atoms with Crippen LogP contribution in [0.3, 0.4) is 0 Å². The Bertz CT molecular complexity index is 1870. The first-order valence-electron chi connectivity index (χ1n) is 17.2. The van der Waals surface area contributed by atoms with E-state index in [1.807, 2.05) is 6.20 Å². The molecule has 1 N–H and O–H groups in total. The third-order valence-corrected chi connectivity index (χ3v) is 7.24. The lowest BCUT2D eigenvalue weighted by atomic mass is 10.1. The van der Waals surface area contributed by atoms with Crippen molar-refractivity contribution in [2.24, 2.45) is 12.0 Å². The van der Waals surface area contributed by atoms with Crippen molar-refractivity contribution in [2.45, 2.75) is 98.2 Å². The average Bonchev–Trinajstić information content (AvgIpc) is 3.46. The smallest absolute Gasteiger partial charge is 0.437 e. The van der Waals surface area contributed by atoms with Crippen molar-refractivity contribution < 1.29 is 47.8 Å². The second-order valence-corrected chi connectivity index (χ2v) is 15.4. The molecular weight excluding hydrogens is 686 g/mol. The molecule has 0 bridgehead atoms. The van der Waals surface area contributed by atoms with Gasteiger partial charge in [0, 0.05) is 26.3 Å². The minimum Gasteiger partial charge on any atom is -0.490 e. The molecule has 1 aliphatic heterocycles. The van der Waals surface area contributed by atoms with E-state index < -0.39 is 52.9 Å². The highest BCUT2D eigenvalue weighted by atomic mass is 16.7. The van der Waals surface area contributed by atoms with Gasteiger partial charge in [-0.15, -0.1) is 10.1 Å². The van der Waals surface area contributed by atoms with Gasteiger partial charge in [-0.3, -0.25) is 9.59 Å². The summed E-state index contributed by atoms with van der Waals surface area (Å²) >= 11 is 0. The molecule has 0 fully saturated rings. The Hall–Kier alpha value is -5.44. The van der Waals surface area contributed by atoms with Crippen LogP contribution in [0.5, 0.6) is 5.75 Å². The normalized spacial score (nSPS) is 14.2. The minimum atomic E-state index is -1.45. The first kappa shape index (κ1) is 40.3. The summed E-state index contributed by atoms with van der Waals surface area (Å²) in [5.41, 5.74) is -0.129. The summed E-state index contributed by atoms with van der Waals surface area (Å²) < 4.78 is 25.7. The molecule has 286 valence electrons. The quantitative estimate of drug-likeness (QED) is 0.114. The predicted octanol–water partition coefficient (Wildman–Crippen LogP) is 5.56. The number of fused-ring (bicyclic) bond motifs is 1. The number of amides is 4. The van der Waals surface area contributed by atoms with Crippen LogP contribution in [0.25, 0.3) is 11.3 Å². The maximum absolute atomic E-state index is 13.2. The van der Waals surface area contributed by atoms with Crippen molar-refractivity contribution in [3.8, 4) is 17.0 Å². The van der Waals surface area contributed by atoms with Crippen LogP contribution in [0.1, 0.15) is 89.5 Å². The number of aromatic nitrogens is 2. The molecule has 1 unspecified atom stereocenters. The average molecular weight is 736 g/mol. The molecule has 0 saturated heterocycles. The van der Waals surface area contributed by atoms with Gasteiger partial charge in [0.2, 0.25) is 11.7 Å². The van der Waals surface area contributed by atoms with Crippen molar-refractivity contribution in [1.29, 1.82) is 0 Å². The second-order valence-electron chi connectivity index (χ2n) is 15.4. The zero-order valence-electron chi connectivity index (χ0n) is 32.0. The third-order valence-electron chi connectivity index (χ3n) is 7.24. The van der Waals surface area contributed by atoms with Gasteiger partial charge in [-0.1, -0.05) is 12.1 Å². The second kappa shape index (κ2) is 16.1. The summed E-state index contributed by atoms with van der Waals surface area (Å²) in [6.45, 7) is 16.0. The van der Waals surface area contributed by atoms with E-state index in [-0.39, 0.29) is 17.7 Å². The first-order valence-corrected chi connectivity index (χ1v) is 17.2. The highest BCUT2D eigenvalue weighted by Gasteiger charge is 2.40. The Kier molecular flexibility index (Phi) is 12.2. The number of nitrogens with one attached hydrogen (secondary N) is 1. The van der Waals surface area contributed by atoms with E-state index in [1.165, 1.54) is 12.1 Å². The van der Waals surface area contributed by atoms with Gasteiger partial charge in [0.25, 0.3) is 11.8 Å². The fraction of sp³-hybridized carbons (Fsp3) is 0.474. The van der Waals surface area contributed by atoms with E-state index in [9.17, 15) is 24.0 Å². The van der Waals surface area contributed by atoms with Crippen LogP contribution in [0.2, 0.25) is 0 Å². The van der Waals surface area contributed by atoms with E-state index in [1.54, 1.807) is 115 Å². The molecular formula is C38H49N5O10.